The van der Waals surface area contributed by atoms with E-state index in [4.69, 9.17) is 0 Å². The molecule has 132 valence electrons. The molecule has 26 heavy (non-hydrogen) atoms. The van der Waals surface area contributed by atoms with Crippen LogP contribution in [0.2, 0.25) is 0 Å². The standard InChI is InChI=1S/C22H23N3O/c1-16-8-9-21-19(14-16)20(15-17(2)23-21)22(26)25-12-10-24(11-13-25)18-6-4-3-5-7-18/h3-9,14-15H,10-13H2,1-2H3. The zero-order chi connectivity index (χ0) is 18.1. The third-order valence-electron chi connectivity index (χ3n) is 5.01. The summed E-state index contributed by atoms with van der Waals surface area (Å²) in [6.45, 7) is 7.19. The number of para-hydroxylation sites is 1. The molecule has 0 aliphatic carbocycles. The number of amides is 1. The van der Waals surface area contributed by atoms with Crippen molar-refractivity contribution >= 4 is 22.5 Å². The van der Waals surface area contributed by atoms with Crippen LogP contribution in [0.3, 0.4) is 0 Å². The van der Waals surface area contributed by atoms with Crippen LogP contribution in [0.5, 0.6) is 0 Å². The average molecular weight is 345 g/mol. The quantitative estimate of drug-likeness (QED) is 0.708. The lowest BCUT2D eigenvalue weighted by Crippen LogP contribution is -2.48. The van der Waals surface area contributed by atoms with Crippen molar-refractivity contribution in [2.75, 3.05) is 31.1 Å². The number of anilines is 1. The molecule has 2 heterocycles. The van der Waals surface area contributed by atoms with E-state index in [1.807, 2.05) is 43.0 Å². The van der Waals surface area contributed by atoms with Gasteiger partial charge in [-0.15, -0.1) is 0 Å². The average Bonchev–Trinajstić information content (AvgIpc) is 2.68. The van der Waals surface area contributed by atoms with Crippen molar-refractivity contribution in [3.8, 4) is 0 Å². The van der Waals surface area contributed by atoms with Crippen LogP contribution in [0.15, 0.2) is 54.6 Å². The summed E-state index contributed by atoms with van der Waals surface area (Å²) in [7, 11) is 0. The molecular weight excluding hydrogens is 322 g/mol. The number of aromatic nitrogens is 1. The van der Waals surface area contributed by atoms with Gasteiger partial charge in [-0.05, 0) is 44.2 Å². The fourth-order valence-electron chi connectivity index (χ4n) is 3.63. The van der Waals surface area contributed by atoms with E-state index in [9.17, 15) is 4.79 Å². The zero-order valence-corrected chi connectivity index (χ0v) is 15.3. The van der Waals surface area contributed by atoms with E-state index in [2.05, 4.69) is 40.2 Å². The van der Waals surface area contributed by atoms with Crippen molar-refractivity contribution in [2.24, 2.45) is 0 Å². The van der Waals surface area contributed by atoms with Crippen molar-refractivity contribution in [3.63, 3.8) is 0 Å². The van der Waals surface area contributed by atoms with Gasteiger partial charge in [0, 0.05) is 42.9 Å². The number of carbonyl (C=O) groups excluding carboxylic acids is 1. The molecule has 0 N–H and O–H groups in total. The predicted octanol–water partition coefficient (Wildman–Crippen LogP) is 3.81. The Bertz CT molecular complexity index is 944. The zero-order valence-electron chi connectivity index (χ0n) is 15.3. The van der Waals surface area contributed by atoms with Gasteiger partial charge < -0.3 is 9.80 Å². The van der Waals surface area contributed by atoms with Gasteiger partial charge in [0.2, 0.25) is 0 Å². The number of fused-ring (bicyclic) bond motifs is 1. The highest BCUT2D eigenvalue weighted by Gasteiger charge is 2.24. The van der Waals surface area contributed by atoms with Crippen molar-refractivity contribution in [2.45, 2.75) is 13.8 Å². The summed E-state index contributed by atoms with van der Waals surface area (Å²) in [6, 6.07) is 18.4. The van der Waals surface area contributed by atoms with Crippen LogP contribution < -0.4 is 4.90 Å². The number of hydrogen-bond donors (Lipinski definition) is 0. The Labute approximate surface area is 154 Å². The summed E-state index contributed by atoms with van der Waals surface area (Å²) in [5.41, 5.74) is 4.91. The van der Waals surface area contributed by atoms with Crippen LogP contribution in [0.25, 0.3) is 10.9 Å². The summed E-state index contributed by atoms with van der Waals surface area (Å²) in [5, 5.41) is 0.950. The molecule has 0 saturated carbocycles. The second kappa shape index (κ2) is 6.79. The summed E-state index contributed by atoms with van der Waals surface area (Å²) in [6.07, 6.45) is 0. The minimum absolute atomic E-state index is 0.110. The predicted molar refractivity (Wildman–Crippen MR) is 106 cm³/mol. The van der Waals surface area contributed by atoms with Crippen molar-refractivity contribution in [3.05, 3.63) is 71.4 Å². The monoisotopic (exact) mass is 345 g/mol. The first-order valence-corrected chi connectivity index (χ1v) is 9.09. The fraction of sp³-hybridized carbons (Fsp3) is 0.273. The lowest BCUT2D eigenvalue weighted by molar-refractivity contribution is 0.0748. The van der Waals surface area contributed by atoms with Crippen LogP contribution in [-0.2, 0) is 0 Å². The second-order valence-corrected chi connectivity index (χ2v) is 6.95. The normalized spacial score (nSPS) is 14.7. The molecule has 1 aliphatic rings. The summed E-state index contributed by atoms with van der Waals surface area (Å²) < 4.78 is 0. The molecule has 1 aliphatic heterocycles. The molecule has 4 nitrogen and oxygen atoms in total. The third-order valence-corrected chi connectivity index (χ3v) is 5.01. The number of nitrogens with zero attached hydrogens (tertiary/aromatic N) is 3. The maximum atomic E-state index is 13.2. The lowest BCUT2D eigenvalue weighted by atomic mass is 10.0. The summed E-state index contributed by atoms with van der Waals surface area (Å²) in [4.78, 5) is 22.1. The Morgan fingerprint density at radius 2 is 1.65 bits per heavy atom. The number of carbonyl (C=O) groups is 1. The first kappa shape index (κ1) is 16.6. The number of rotatable bonds is 2. The van der Waals surface area contributed by atoms with Crippen LogP contribution in [-0.4, -0.2) is 42.0 Å². The van der Waals surface area contributed by atoms with Gasteiger partial charge in [-0.3, -0.25) is 9.78 Å². The van der Waals surface area contributed by atoms with Gasteiger partial charge in [-0.25, -0.2) is 0 Å². The molecule has 0 atom stereocenters. The van der Waals surface area contributed by atoms with E-state index in [1.165, 1.54) is 5.69 Å². The second-order valence-electron chi connectivity index (χ2n) is 6.95. The molecule has 1 fully saturated rings. The molecule has 4 heteroatoms. The van der Waals surface area contributed by atoms with Gasteiger partial charge >= 0.3 is 0 Å². The van der Waals surface area contributed by atoms with Crippen molar-refractivity contribution < 1.29 is 4.79 Å². The van der Waals surface area contributed by atoms with E-state index in [-0.39, 0.29) is 5.91 Å². The fourth-order valence-corrected chi connectivity index (χ4v) is 3.63. The highest BCUT2D eigenvalue weighted by molar-refractivity contribution is 6.06. The highest BCUT2D eigenvalue weighted by Crippen LogP contribution is 2.23. The Balaban J connectivity index is 1.57. The molecule has 1 amide bonds. The SMILES string of the molecule is Cc1ccc2nc(C)cc(C(=O)N3CCN(c4ccccc4)CC3)c2c1. The van der Waals surface area contributed by atoms with Crippen LogP contribution in [0, 0.1) is 13.8 Å². The molecule has 1 saturated heterocycles. The number of pyridine rings is 1. The molecule has 1 aromatic heterocycles. The maximum absolute atomic E-state index is 13.2. The Hall–Kier alpha value is -2.88. The van der Waals surface area contributed by atoms with Crippen LogP contribution in [0.1, 0.15) is 21.6 Å². The molecule has 0 radical (unpaired) electrons. The minimum Gasteiger partial charge on any atom is -0.368 e. The molecule has 4 rings (SSSR count). The summed E-state index contributed by atoms with van der Waals surface area (Å²) in [5.74, 6) is 0.110. The maximum Gasteiger partial charge on any atom is 0.254 e. The molecule has 2 aromatic carbocycles. The molecule has 0 bridgehead atoms. The number of hydrogen-bond acceptors (Lipinski definition) is 3. The molecule has 0 unspecified atom stereocenters. The highest BCUT2D eigenvalue weighted by atomic mass is 16.2. The van der Waals surface area contributed by atoms with E-state index in [0.29, 0.717) is 0 Å². The van der Waals surface area contributed by atoms with E-state index in [1.54, 1.807) is 0 Å². The largest absolute Gasteiger partial charge is 0.368 e. The first-order valence-electron chi connectivity index (χ1n) is 9.09. The van der Waals surface area contributed by atoms with Gasteiger partial charge in [-0.1, -0.05) is 29.8 Å². The molecular formula is C22H23N3O. The Kier molecular flexibility index (Phi) is 4.33. The van der Waals surface area contributed by atoms with Gasteiger partial charge in [0.15, 0.2) is 0 Å². The van der Waals surface area contributed by atoms with E-state index in [0.717, 1.165) is 53.9 Å². The van der Waals surface area contributed by atoms with Gasteiger partial charge in [0.25, 0.3) is 5.91 Å². The number of aryl methyl sites for hydroxylation is 2. The van der Waals surface area contributed by atoms with Crippen molar-refractivity contribution in [1.29, 1.82) is 0 Å². The van der Waals surface area contributed by atoms with Gasteiger partial charge in [0.1, 0.15) is 0 Å². The van der Waals surface area contributed by atoms with Gasteiger partial charge in [0.05, 0.1) is 11.1 Å². The van der Waals surface area contributed by atoms with Crippen LogP contribution in [0.4, 0.5) is 5.69 Å². The molecule has 3 aromatic rings. The Morgan fingerprint density at radius 1 is 0.923 bits per heavy atom. The number of piperazine rings is 1. The lowest BCUT2D eigenvalue weighted by Gasteiger charge is -2.36. The van der Waals surface area contributed by atoms with Crippen molar-refractivity contribution in [1.82, 2.24) is 9.88 Å². The first-order chi connectivity index (χ1) is 12.6. The van der Waals surface area contributed by atoms with Crippen LogP contribution >= 0.6 is 0 Å². The van der Waals surface area contributed by atoms with Gasteiger partial charge in [-0.2, -0.15) is 0 Å². The minimum atomic E-state index is 0.110. The third kappa shape index (κ3) is 3.15. The molecule has 0 spiro atoms. The van der Waals surface area contributed by atoms with E-state index < -0.39 is 0 Å². The number of benzene rings is 2. The Morgan fingerprint density at radius 3 is 2.38 bits per heavy atom. The summed E-state index contributed by atoms with van der Waals surface area (Å²) >= 11 is 0. The van der Waals surface area contributed by atoms with E-state index >= 15 is 0 Å². The topological polar surface area (TPSA) is 36.4 Å². The smallest absolute Gasteiger partial charge is 0.254 e.